The van der Waals surface area contributed by atoms with Crippen molar-refractivity contribution < 1.29 is 24.0 Å². The van der Waals surface area contributed by atoms with Gasteiger partial charge in [-0.05, 0) is 0 Å². The second kappa shape index (κ2) is 19.8. The van der Waals surface area contributed by atoms with Gasteiger partial charge in [0.25, 0.3) is 0 Å². The molecule has 9 nitrogen and oxygen atoms in total. The van der Waals surface area contributed by atoms with Gasteiger partial charge in [-0.15, -0.1) is 0 Å². The van der Waals surface area contributed by atoms with Crippen molar-refractivity contribution in [1.82, 2.24) is 20.0 Å². The Morgan fingerprint density at radius 2 is 0.949 bits per heavy atom. The Balaban J connectivity index is 2.67. The number of nitrogens with one attached hydrogen (secondary N) is 1. The molecule has 0 aromatic rings. The largest absolute Gasteiger partial charge is 0.314 e. The van der Waals surface area contributed by atoms with Crippen molar-refractivity contribution in [3.05, 3.63) is 0 Å². The lowest BCUT2D eigenvalue weighted by Gasteiger charge is -2.42. The molecule has 0 aromatic carbocycles. The van der Waals surface area contributed by atoms with Gasteiger partial charge in [0, 0.05) is 66.7 Å². The first-order valence-electron chi connectivity index (χ1n) is 13.8. The van der Waals surface area contributed by atoms with Crippen molar-refractivity contribution >= 4 is 64.6 Å². The molecule has 3 amide bonds. The zero-order valence-corrected chi connectivity index (χ0v) is 27.0. The van der Waals surface area contributed by atoms with Gasteiger partial charge in [0.15, 0.2) is 0 Å². The molecule has 0 unspecified atom stereocenters. The van der Waals surface area contributed by atoms with Gasteiger partial charge in [0.1, 0.15) is 11.6 Å². The van der Waals surface area contributed by atoms with E-state index in [0.717, 1.165) is 12.3 Å². The number of ketones is 2. The minimum atomic E-state index is -0.138. The highest BCUT2D eigenvalue weighted by Gasteiger charge is 2.31. The summed E-state index contributed by atoms with van der Waals surface area (Å²) in [7, 11) is 0. The molecule has 1 rings (SSSR count). The predicted molar refractivity (Wildman–Crippen MR) is 164 cm³/mol. The fraction of sp³-hybridized carbons (Fsp3) is 0.815. The van der Waals surface area contributed by atoms with Crippen molar-refractivity contribution in [1.29, 1.82) is 0 Å². The molecular formula is C27H48N4O5S3. The number of nitrogens with zero attached hydrogens (tertiary/aromatic N) is 3. The Kier molecular flexibility index (Phi) is 18.1. The summed E-state index contributed by atoms with van der Waals surface area (Å²) in [6.45, 7) is 13.0. The molecule has 0 aliphatic carbocycles. The lowest BCUT2D eigenvalue weighted by atomic mass is 10.1. The van der Waals surface area contributed by atoms with Crippen LogP contribution < -0.4 is 5.32 Å². The minimum Gasteiger partial charge on any atom is -0.314 e. The molecule has 1 aliphatic rings. The number of thioether (sulfide) groups is 3. The Morgan fingerprint density at radius 1 is 0.590 bits per heavy atom. The average Bonchev–Trinajstić information content (AvgIpc) is 2.89. The fourth-order valence-corrected chi connectivity index (χ4v) is 6.16. The minimum absolute atomic E-state index is 0.0271. The zero-order chi connectivity index (χ0) is 29.4. The van der Waals surface area contributed by atoms with Gasteiger partial charge in [0.05, 0.1) is 31.5 Å². The van der Waals surface area contributed by atoms with Crippen molar-refractivity contribution in [2.24, 2.45) is 11.8 Å². The molecule has 1 heterocycles. The number of hydrogen-bond donors (Lipinski definition) is 1. The maximum absolute atomic E-state index is 13.0. The summed E-state index contributed by atoms with van der Waals surface area (Å²) in [6, 6.07) is 0.427. The van der Waals surface area contributed by atoms with E-state index in [4.69, 9.17) is 0 Å². The maximum Gasteiger partial charge on any atom is 0.226 e. The zero-order valence-electron chi connectivity index (χ0n) is 24.5. The molecule has 0 saturated carbocycles. The van der Waals surface area contributed by atoms with E-state index < -0.39 is 0 Å². The number of Topliss-reactive ketones (excluding diaryl/α,β-unsaturated/α-hetero) is 2. The third-order valence-corrected chi connectivity index (χ3v) is 8.99. The quantitative estimate of drug-likeness (QED) is 0.223. The number of hydrogen-bond acceptors (Lipinski definition) is 9. The first-order chi connectivity index (χ1) is 18.4. The summed E-state index contributed by atoms with van der Waals surface area (Å²) in [5.74, 6) is 3.27. The van der Waals surface area contributed by atoms with E-state index in [1.807, 2.05) is 27.7 Å². The van der Waals surface area contributed by atoms with Gasteiger partial charge >= 0.3 is 0 Å². The molecule has 12 heteroatoms. The summed E-state index contributed by atoms with van der Waals surface area (Å²) in [5, 5.41) is 3.35. The maximum atomic E-state index is 13.0. The van der Waals surface area contributed by atoms with Gasteiger partial charge in [0.2, 0.25) is 17.7 Å². The van der Waals surface area contributed by atoms with Crippen LogP contribution in [0.15, 0.2) is 0 Å². The number of carbonyl (C=O) groups is 5. The second-order valence-corrected chi connectivity index (χ2v) is 14.0. The average molecular weight is 605 g/mol. The Morgan fingerprint density at radius 3 is 1.28 bits per heavy atom. The van der Waals surface area contributed by atoms with Crippen LogP contribution in [-0.4, -0.2) is 111 Å². The van der Waals surface area contributed by atoms with Crippen molar-refractivity contribution in [2.45, 2.75) is 66.8 Å². The van der Waals surface area contributed by atoms with Crippen molar-refractivity contribution in [2.75, 3.05) is 61.1 Å². The van der Waals surface area contributed by atoms with E-state index >= 15 is 0 Å². The monoisotopic (exact) mass is 604 g/mol. The van der Waals surface area contributed by atoms with Crippen molar-refractivity contribution in [3.8, 4) is 0 Å². The van der Waals surface area contributed by atoms with E-state index in [2.05, 4.69) is 19.2 Å². The molecule has 1 N–H and O–H groups in total. The summed E-state index contributed by atoms with van der Waals surface area (Å²) in [5.41, 5.74) is 0. The molecule has 39 heavy (non-hydrogen) atoms. The number of carbonyl (C=O) groups excluding carboxylic acids is 5. The van der Waals surface area contributed by atoms with E-state index in [9.17, 15) is 24.0 Å². The first-order valence-corrected chi connectivity index (χ1v) is 17.2. The number of rotatable bonds is 19. The van der Waals surface area contributed by atoms with Crippen LogP contribution in [0.2, 0.25) is 0 Å². The smallest absolute Gasteiger partial charge is 0.226 e. The van der Waals surface area contributed by atoms with Crippen LogP contribution in [0.1, 0.15) is 60.8 Å². The fourth-order valence-electron chi connectivity index (χ4n) is 3.38. The van der Waals surface area contributed by atoms with Gasteiger partial charge in [-0.1, -0.05) is 41.5 Å². The normalized spacial score (nSPS) is 14.0. The van der Waals surface area contributed by atoms with Gasteiger partial charge < -0.3 is 20.0 Å². The summed E-state index contributed by atoms with van der Waals surface area (Å²) in [4.78, 5) is 67.4. The lowest BCUT2D eigenvalue weighted by Crippen LogP contribution is -2.59. The van der Waals surface area contributed by atoms with E-state index in [1.165, 1.54) is 23.5 Å². The highest BCUT2D eigenvalue weighted by atomic mass is 32.2. The summed E-state index contributed by atoms with van der Waals surface area (Å²) >= 11 is 4.58. The molecule has 0 atom stereocenters. The molecule has 1 saturated heterocycles. The SMILES string of the molecule is CC(C)NCCSCCC(=O)N1CN(C(=O)CCSCC(=O)C(C)C)CN(C(=O)CCSCC(=O)C(C)C)C1. The van der Waals surface area contributed by atoms with Crippen LogP contribution >= 0.6 is 35.3 Å². The molecule has 1 aliphatic heterocycles. The third kappa shape index (κ3) is 15.4. The van der Waals surface area contributed by atoms with Crippen LogP contribution in [0.3, 0.4) is 0 Å². The molecule has 0 radical (unpaired) electrons. The van der Waals surface area contributed by atoms with Gasteiger partial charge in [-0.25, -0.2) is 0 Å². The topological polar surface area (TPSA) is 107 Å². The van der Waals surface area contributed by atoms with Crippen LogP contribution in [0, 0.1) is 11.8 Å². The predicted octanol–water partition coefficient (Wildman–Crippen LogP) is 3.18. The third-order valence-electron chi connectivity index (χ3n) is 6.04. The van der Waals surface area contributed by atoms with E-state index in [1.54, 1.807) is 26.5 Å². The standard InChI is InChI=1S/C27H48N4O5S3/c1-20(2)23(32)15-38-12-8-26(35)30-17-29(25(34)7-11-37-14-10-28-22(5)6)18-31(19-30)27(36)9-13-39-16-24(33)21(3)4/h20-22,28H,7-19H2,1-6H3. The molecule has 0 aromatic heterocycles. The molecular weight excluding hydrogens is 557 g/mol. The van der Waals surface area contributed by atoms with Gasteiger partial charge in [-0.2, -0.15) is 35.3 Å². The van der Waals surface area contributed by atoms with E-state index in [-0.39, 0.29) is 74.0 Å². The first kappa shape index (κ1) is 35.8. The molecule has 0 bridgehead atoms. The summed E-state index contributed by atoms with van der Waals surface area (Å²) in [6.07, 6.45) is 0.828. The van der Waals surface area contributed by atoms with E-state index in [0.29, 0.717) is 41.2 Å². The van der Waals surface area contributed by atoms with Crippen LogP contribution in [0.4, 0.5) is 0 Å². The number of amides is 3. The van der Waals surface area contributed by atoms with Crippen LogP contribution in [0.5, 0.6) is 0 Å². The molecule has 1 fully saturated rings. The summed E-state index contributed by atoms with van der Waals surface area (Å²) < 4.78 is 0. The highest BCUT2D eigenvalue weighted by Crippen LogP contribution is 2.16. The van der Waals surface area contributed by atoms with Crippen molar-refractivity contribution in [3.63, 3.8) is 0 Å². The van der Waals surface area contributed by atoms with Crippen LogP contribution in [-0.2, 0) is 24.0 Å². The highest BCUT2D eigenvalue weighted by molar-refractivity contribution is 8.00. The Labute approximate surface area is 247 Å². The molecule has 224 valence electrons. The Bertz CT molecular complexity index is 762. The van der Waals surface area contributed by atoms with Crippen LogP contribution in [0.25, 0.3) is 0 Å². The van der Waals surface area contributed by atoms with Gasteiger partial charge in [-0.3, -0.25) is 24.0 Å². The molecule has 0 spiro atoms. The lowest BCUT2D eigenvalue weighted by molar-refractivity contribution is -0.158. The Hall–Kier alpha value is -1.24. The second-order valence-electron chi connectivity index (χ2n) is 10.5.